The minimum absolute atomic E-state index is 0.0493. The maximum atomic E-state index is 13.4. The SMILES string of the molecule is NCC1CN(S(=O)(=O)c2cnc3ccc(F)cc3c2)CCCO1. The maximum Gasteiger partial charge on any atom is 0.244 e. The second-order valence-electron chi connectivity index (χ2n) is 5.45. The van der Waals surface area contributed by atoms with Crippen LogP contribution in [-0.4, -0.2) is 50.1 Å². The van der Waals surface area contributed by atoms with Gasteiger partial charge in [0.25, 0.3) is 0 Å². The van der Waals surface area contributed by atoms with Crippen LogP contribution < -0.4 is 5.73 Å². The zero-order valence-corrected chi connectivity index (χ0v) is 13.3. The van der Waals surface area contributed by atoms with Gasteiger partial charge in [-0.25, -0.2) is 12.8 Å². The number of hydrogen-bond acceptors (Lipinski definition) is 5. The van der Waals surface area contributed by atoms with Crippen LogP contribution in [0.3, 0.4) is 0 Å². The molecule has 124 valence electrons. The van der Waals surface area contributed by atoms with Crippen molar-refractivity contribution in [3.05, 3.63) is 36.3 Å². The van der Waals surface area contributed by atoms with Crippen molar-refractivity contribution in [2.24, 2.45) is 5.73 Å². The molecule has 1 aromatic carbocycles. The summed E-state index contributed by atoms with van der Waals surface area (Å²) < 4.78 is 45.9. The van der Waals surface area contributed by atoms with Gasteiger partial charge in [0, 0.05) is 37.8 Å². The molecule has 2 aromatic rings. The van der Waals surface area contributed by atoms with Crippen LogP contribution in [0.2, 0.25) is 0 Å². The number of rotatable bonds is 3. The third kappa shape index (κ3) is 3.35. The van der Waals surface area contributed by atoms with E-state index >= 15 is 0 Å². The highest BCUT2D eigenvalue weighted by atomic mass is 32.2. The summed E-state index contributed by atoms with van der Waals surface area (Å²) in [5.41, 5.74) is 6.15. The molecular weight excluding hydrogens is 321 g/mol. The predicted molar refractivity (Wildman–Crippen MR) is 83.9 cm³/mol. The Bertz CT molecular complexity index is 813. The van der Waals surface area contributed by atoms with E-state index < -0.39 is 15.8 Å². The van der Waals surface area contributed by atoms with Crippen molar-refractivity contribution in [2.75, 3.05) is 26.2 Å². The summed E-state index contributed by atoms with van der Waals surface area (Å²) in [7, 11) is -3.72. The van der Waals surface area contributed by atoms with Gasteiger partial charge in [0.1, 0.15) is 10.7 Å². The van der Waals surface area contributed by atoms with E-state index in [-0.39, 0.29) is 24.1 Å². The van der Waals surface area contributed by atoms with Gasteiger partial charge in [-0.05, 0) is 30.7 Å². The molecule has 0 aliphatic carbocycles. The molecule has 1 atom stereocenters. The molecule has 0 saturated carbocycles. The lowest BCUT2D eigenvalue weighted by molar-refractivity contribution is 0.0679. The van der Waals surface area contributed by atoms with Crippen LogP contribution in [0.25, 0.3) is 10.9 Å². The van der Waals surface area contributed by atoms with Crippen LogP contribution in [0.5, 0.6) is 0 Å². The van der Waals surface area contributed by atoms with Gasteiger partial charge in [-0.1, -0.05) is 0 Å². The molecule has 1 aliphatic rings. The summed E-state index contributed by atoms with van der Waals surface area (Å²) in [4.78, 5) is 4.17. The lowest BCUT2D eigenvalue weighted by atomic mass is 10.2. The van der Waals surface area contributed by atoms with Crippen molar-refractivity contribution in [3.8, 4) is 0 Å². The lowest BCUT2D eigenvalue weighted by Crippen LogP contribution is -2.39. The molecule has 1 fully saturated rings. The van der Waals surface area contributed by atoms with Gasteiger partial charge in [-0.2, -0.15) is 4.31 Å². The number of aromatic nitrogens is 1. The largest absolute Gasteiger partial charge is 0.375 e. The zero-order valence-electron chi connectivity index (χ0n) is 12.5. The van der Waals surface area contributed by atoms with Crippen LogP contribution >= 0.6 is 0 Å². The van der Waals surface area contributed by atoms with E-state index in [1.54, 1.807) is 0 Å². The molecule has 0 bridgehead atoms. The molecule has 3 rings (SSSR count). The van der Waals surface area contributed by atoms with E-state index in [4.69, 9.17) is 10.5 Å². The van der Waals surface area contributed by atoms with Crippen molar-refractivity contribution in [3.63, 3.8) is 0 Å². The van der Waals surface area contributed by atoms with E-state index in [0.29, 0.717) is 30.5 Å². The van der Waals surface area contributed by atoms with E-state index in [9.17, 15) is 12.8 Å². The molecular formula is C15H18FN3O3S. The Labute approximate surface area is 134 Å². The Kier molecular flexibility index (Phi) is 4.58. The first-order chi connectivity index (χ1) is 11.0. The predicted octanol–water partition coefficient (Wildman–Crippen LogP) is 1.11. The van der Waals surface area contributed by atoms with Crippen molar-refractivity contribution in [2.45, 2.75) is 17.4 Å². The highest BCUT2D eigenvalue weighted by Gasteiger charge is 2.29. The van der Waals surface area contributed by atoms with Gasteiger partial charge in [0.05, 0.1) is 11.6 Å². The van der Waals surface area contributed by atoms with Crippen LogP contribution in [0.1, 0.15) is 6.42 Å². The number of pyridine rings is 1. The monoisotopic (exact) mass is 339 g/mol. The van der Waals surface area contributed by atoms with Crippen LogP contribution in [0.4, 0.5) is 4.39 Å². The third-order valence-electron chi connectivity index (χ3n) is 3.83. The second kappa shape index (κ2) is 6.48. The minimum Gasteiger partial charge on any atom is -0.375 e. The number of ether oxygens (including phenoxy) is 1. The first kappa shape index (κ1) is 16.3. The Balaban J connectivity index is 1.98. The number of benzene rings is 1. The quantitative estimate of drug-likeness (QED) is 0.905. The first-order valence-electron chi connectivity index (χ1n) is 7.38. The summed E-state index contributed by atoms with van der Waals surface area (Å²) in [5, 5.41) is 0.451. The fraction of sp³-hybridized carbons (Fsp3) is 0.400. The van der Waals surface area contributed by atoms with Gasteiger partial charge < -0.3 is 10.5 Å². The van der Waals surface area contributed by atoms with Crippen molar-refractivity contribution < 1.29 is 17.5 Å². The molecule has 1 aromatic heterocycles. The van der Waals surface area contributed by atoms with Gasteiger partial charge in [-0.3, -0.25) is 4.98 Å². The van der Waals surface area contributed by atoms with E-state index in [1.165, 1.54) is 34.8 Å². The molecule has 23 heavy (non-hydrogen) atoms. The number of halogens is 1. The third-order valence-corrected chi connectivity index (χ3v) is 5.66. The number of hydrogen-bond donors (Lipinski definition) is 1. The van der Waals surface area contributed by atoms with E-state index in [2.05, 4.69) is 4.98 Å². The molecule has 2 heterocycles. The lowest BCUT2D eigenvalue weighted by Gasteiger charge is -2.22. The number of nitrogens with zero attached hydrogens (tertiary/aromatic N) is 2. The van der Waals surface area contributed by atoms with Crippen LogP contribution in [0.15, 0.2) is 35.4 Å². The molecule has 6 nitrogen and oxygen atoms in total. The van der Waals surface area contributed by atoms with Crippen LogP contribution in [-0.2, 0) is 14.8 Å². The Morgan fingerprint density at radius 2 is 2.22 bits per heavy atom. The van der Waals surface area contributed by atoms with Gasteiger partial charge in [-0.15, -0.1) is 0 Å². The standard InChI is InChI=1S/C15H18FN3O3S/c16-12-2-3-15-11(6-12)7-14(9-18-15)23(20,21)19-4-1-5-22-13(8-17)10-19/h2-3,6-7,9,13H,1,4-5,8,10,17H2. The van der Waals surface area contributed by atoms with Crippen molar-refractivity contribution >= 4 is 20.9 Å². The Hall–Kier alpha value is -1.61. The first-order valence-corrected chi connectivity index (χ1v) is 8.82. The summed E-state index contributed by atoms with van der Waals surface area (Å²) in [6.07, 6.45) is 1.59. The number of sulfonamides is 1. The van der Waals surface area contributed by atoms with Crippen LogP contribution in [0, 0.1) is 5.82 Å². The zero-order chi connectivity index (χ0) is 16.4. The molecule has 0 spiro atoms. The summed E-state index contributed by atoms with van der Waals surface area (Å²) in [6, 6.07) is 5.53. The summed E-state index contributed by atoms with van der Waals surface area (Å²) in [6.45, 7) is 1.31. The molecule has 1 aliphatic heterocycles. The molecule has 1 unspecified atom stereocenters. The maximum absolute atomic E-state index is 13.4. The normalized spacial score (nSPS) is 20.5. The van der Waals surface area contributed by atoms with E-state index in [1.807, 2.05) is 0 Å². The highest BCUT2D eigenvalue weighted by Crippen LogP contribution is 2.22. The van der Waals surface area contributed by atoms with Gasteiger partial charge in [0.2, 0.25) is 10.0 Å². The second-order valence-corrected chi connectivity index (χ2v) is 7.39. The fourth-order valence-electron chi connectivity index (χ4n) is 2.60. The van der Waals surface area contributed by atoms with E-state index in [0.717, 1.165) is 0 Å². The topological polar surface area (TPSA) is 85.5 Å². The van der Waals surface area contributed by atoms with Gasteiger partial charge in [0.15, 0.2) is 0 Å². The average Bonchev–Trinajstić information content (AvgIpc) is 2.80. The molecule has 1 saturated heterocycles. The summed E-state index contributed by atoms with van der Waals surface area (Å²) >= 11 is 0. The molecule has 8 heteroatoms. The van der Waals surface area contributed by atoms with Gasteiger partial charge >= 0.3 is 0 Å². The average molecular weight is 339 g/mol. The smallest absolute Gasteiger partial charge is 0.244 e. The molecule has 0 amide bonds. The van der Waals surface area contributed by atoms with Crippen molar-refractivity contribution in [1.82, 2.24) is 9.29 Å². The number of nitrogens with two attached hydrogens (primary N) is 1. The fourth-order valence-corrected chi connectivity index (χ4v) is 4.09. The van der Waals surface area contributed by atoms with Crippen molar-refractivity contribution in [1.29, 1.82) is 0 Å². The molecule has 2 N–H and O–H groups in total. The molecule has 0 radical (unpaired) electrons. The number of fused-ring (bicyclic) bond motifs is 1. The Morgan fingerprint density at radius 3 is 3.00 bits per heavy atom. The Morgan fingerprint density at radius 1 is 1.39 bits per heavy atom. The summed E-state index contributed by atoms with van der Waals surface area (Å²) in [5.74, 6) is -0.430. The highest BCUT2D eigenvalue weighted by molar-refractivity contribution is 7.89. The minimum atomic E-state index is -3.72.